The Hall–Kier alpha value is -3.61. The van der Waals surface area contributed by atoms with Crippen molar-refractivity contribution < 1.29 is 14.3 Å². The van der Waals surface area contributed by atoms with E-state index in [9.17, 15) is 9.59 Å². The number of rotatable bonds is 6. The predicted octanol–water partition coefficient (Wildman–Crippen LogP) is 2.61. The van der Waals surface area contributed by atoms with Crippen LogP contribution in [0.15, 0.2) is 54.7 Å². The van der Waals surface area contributed by atoms with E-state index in [1.807, 2.05) is 42.7 Å². The summed E-state index contributed by atoms with van der Waals surface area (Å²) in [5.74, 6) is 0.509. The number of pyridine rings is 1. The molecule has 0 radical (unpaired) electrons. The molecule has 2 aromatic heterocycles. The van der Waals surface area contributed by atoms with Gasteiger partial charge in [-0.15, -0.1) is 0 Å². The minimum absolute atomic E-state index is 0.189. The van der Waals surface area contributed by atoms with Gasteiger partial charge < -0.3 is 20.4 Å². The second-order valence-electron chi connectivity index (χ2n) is 6.04. The SMILES string of the molecule is Cc1cc(C(=O)Nc2ccc(OCC(N)=O)cc2)c(C)n1-c1ccccn1. The van der Waals surface area contributed by atoms with Crippen molar-refractivity contribution in [1.82, 2.24) is 9.55 Å². The summed E-state index contributed by atoms with van der Waals surface area (Å²) in [6, 6.07) is 14.2. The molecule has 0 spiro atoms. The molecule has 0 bridgehead atoms. The van der Waals surface area contributed by atoms with E-state index in [1.165, 1.54) is 0 Å². The highest BCUT2D eigenvalue weighted by Crippen LogP contribution is 2.21. The third-order valence-electron chi connectivity index (χ3n) is 4.05. The smallest absolute Gasteiger partial charge is 0.257 e. The predicted molar refractivity (Wildman–Crippen MR) is 102 cm³/mol. The molecule has 0 aliphatic carbocycles. The minimum atomic E-state index is -0.546. The summed E-state index contributed by atoms with van der Waals surface area (Å²) in [6.45, 7) is 3.63. The number of hydrogen-bond acceptors (Lipinski definition) is 4. The third kappa shape index (κ3) is 4.14. The lowest BCUT2D eigenvalue weighted by Crippen LogP contribution is -2.20. The number of aromatic nitrogens is 2. The number of ether oxygens (including phenoxy) is 1. The Bertz CT molecular complexity index is 963. The molecule has 0 saturated heterocycles. The summed E-state index contributed by atoms with van der Waals surface area (Å²) in [5.41, 5.74) is 7.97. The standard InChI is InChI=1S/C20H20N4O3/c1-13-11-17(14(2)24(13)19-5-3-4-10-22-19)20(26)23-15-6-8-16(9-7-15)27-12-18(21)25/h3-11H,12H2,1-2H3,(H2,21,25)(H,23,26). The van der Waals surface area contributed by atoms with Crippen molar-refractivity contribution in [3.8, 4) is 11.6 Å². The van der Waals surface area contributed by atoms with Crippen molar-refractivity contribution in [3.05, 3.63) is 71.7 Å². The van der Waals surface area contributed by atoms with Gasteiger partial charge in [0.2, 0.25) is 0 Å². The van der Waals surface area contributed by atoms with E-state index in [1.54, 1.807) is 30.5 Å². The molecule has 0 saturated carbocycles. The molecule has 3 N–H and O–H groups in total. The first kappa shape index (κ1) is 18.2. The number of benzene rings is 1. The summed E-state index contributed by atoms with van der Waals surface area (Å²) >= 11 is 0. The van der Waals surface area contributed by atoms with E-state index in [0.717, 1.165) is 17.2 Å². The molecule has 3 aromatic rings. The summed E-state index contributed by atoms with van der Waals surface area (Å²) < 4.78 is 7.14. The quantitative estimate of drug-likeness (QED) is 0.702. The first-order valence-electron chi connectivity index (χ1n) is 8.38. The van der Waals surface area contributed by atoms with Gasteiger partial charge >= 0.3 is 0 Å². The summed E-state index contributed by atoms with van der Waals surface area (Å²) in [4.78, 5) is 27.8. The molecule has 0 fully saturated rings. The zero-order chi connectivity index (χ0) is 19.4. The van der Waals surface area contributed by atoms with E-state index in [4.69, 9.17) is 10.5 Å². The second kappa shape index (κ2) is 7.74. The second-order valence-corrected chi connectivity index (χ2v) is 6.04. The molecule has 0 aliphatic rings. The van der Waals surface area contributed by atoms with Gasteiger partial charge in [-0.3, -0.25) is 9.59 Å². The Morgan fingerprint density at radius 3 is 2.52 bits per heavy atom. The van der Waals surface area contributed by atoms with Crippen molar-refractivity contribution in [2.24, 2.45) is 5.73 Å². The summed E-state index contributed by atoms with van der Waals surface area (Å²) in [5, 5.41) is 2.86. The Morgan fingerprint density at radius 1 is 1.15 bits per heavy atom. The number of primary amides is 1. The lowest BCUT2D eigenvalue weighted by Gasteiger charge is -2.09. The molecule has 2 heterocycles. The number of hydrogen-bond donors (Lipinski definition) is 2. The summed E-state index contributed by atoms with van der Waals surface area (Å²) in [7, 11) is 0. The van der Waals surface area contributed by atoms with Gasteiger partial charge in [0.25, 0.3) is 11.8 Å². The van der Waals surface area contributed by atoms with Crippen LogP contribution in [0.4, 0.5) is 5.69 Å². The Kier molecular flexibility index (Phi) is 5.21. The molecule has 0 unspecified atom stereocenters. The van der Waals surface area contributed by atoms with Crippen LogP contribution in [-0.4, -0.2) is 28.0 Å². The number of nitrogens with two attached hydrogens (primary N) is 1. The van der Waals surface area contributed by atoms with Crippen molar-refractivity contribution >= 4 is 17.5 Å². The van der Waals surface area contributed by atoms with E-state index in [0.29, 0.717) is 17.0 Å². The molecule has 0 aliphatic heterocycles. The fourth-order valence-corrected chi connectivity index (χ4v) is 2.82. The van der Waals surface area contributed by atoms with Crippen LogP contribution >= 0.6 is 0 Å². The zero-order valence-electron chi connectivity index (χ0n) is 15.1. The number of nitrogens with zero attached hydrogens (tertiary/aromatic N) is 2. The van der Waals surface area contributed by atoms with Crippen molar-refractivity contribution in [2.75, 3.05) is 11.9 Å². The monoisotopic (exact) mass is 364 g/mol. The topological polar surface area (TPSA) is 99.2 Å². The fraction of sp³-hybridized carbons (Fsp3) is 0.150. The van der Waals surface area contributed by atoms with Gasteiger partial charge in [0, 0.05) is 23.3 Å². The van der Waals surface area contributed by atoms with Gasteiger partial charge in [-0.05, 0) is 56.3 Å². The van der Waals surface area contributed by atoms with Gasteiger partial charge in [-0.1, -0.05) is 6.07 Å². The van der Waals surface area contributed by atoms with Crippen LogP contribution < -0.4 is 15.8 Å². The Labute approximate surface area is 156 Å². The van der Waals surface area contributed by atoms with Gasteiger partial charge in [-0.2, -0.15) is 0 Å². The molecule has 1 aromatic carbocycles. The van der Waals surface area contributed by atoms with E-state index < -0.39 is 5.91 Å². The average Bonchev–Trinajstić information content (AvgIpc) is 2.96. The number of anilines is 1. The van der Waals surface area contributed by atoms with Gasteiger partial charge in [0.05, 0.1) is 5.56 Å². The highest BCUT2D eigenvalue weighted by molar-refractivity contribution is 6.05. The van der Waals surface area contributed by atoms with Crippen LogP contribution in [0, 0.1) is 13.8 Å². The van der Waals surface area contributed by atoms with Crippen molar-refractivity contribution in [1.29, 1.82) is 0 Å². The van der Waals surface area contributed by atoms with Crippen molar-refractivity contribution in [3.63, 3.8) is 0 Å². The maximum absolute atomic E-state index is 12.7. The van der Waals surface area contributed by atoms with Gasteiger partial charge in [-0.25, -0.2) is 4.98 Å². The Morgan fingerprint density at radius 2 is 1.89 bits per heavy atom. The highest BCUT2D eigenvalue weighted by atomic mass is 16.5. The van der Waals surface area contributed by atoms with Crippen LogP contribution in [0.1, 0.15) is 21.7 Å². The zero-order valence-corrected chi connectivity index (χ0v) is 15.1. The highest BCUT2D eigenvalue weighted by Gasteiger charge is 2.17. The lowest BCUT2D eigenvalue weighted by atomic mass is 10.2. The molecule has 3 rings (SSSR count). The van der Waals surface area contributed by atoms with Crippen LogP contribution in [0.3, 0.4) is 0 Å². The number of carbonyl (C=O) groups excluding carboxylic acids is 2. The van der Waals surface area contributed by atoms with E-state index in [2.05, 4.69) is 10.3 Å². The molecule has 138 valence electrons. The normalized spacial score (nSPS) is 10.4. The fourth-order valence-electron chi connectivity index (χ4n) is 2.82. The van der Waals surface area contributed by atoms with Crippen LogP contribution in [0.5, 0.6) is 5.75 Å². The molecular formula is C20H20N4O3. The molecule has 7 heteroatoms. The first-order valence-corrected chi connectivity index (χ1v) is 8.38. The number of aryl methyl sites for hydroxylation is 1. The third-order valence-corrected chi connectivity index (χ3v) is 4.05. The first-order chi connectivity index (χ1) is 13.0. The van der Waals surface area contributed by atoms with Crippen LogP contribution in [0.2, 0.25) is 0 Å². The minimum Gasteiger partial charge on any atom is -0.484 e. The average molecular weight is 364 g/mol. The lowest BCUT2D eigenvalue weighted by molar-refractivity contribution is -0.119. The maximum Gasteiger partial charge on any atom is 0.257 e. The number of nitrogens with one attached hydrogen (secondary N) is 1. The van der Waals surface area contributed by atoms with E-state index in [-0.39, 0.29) is 12.5 Å². The molecular weight excluding hydrogens is 344 g/mol. The van der Waals surface area contributed by atoms with Crippen molar-refractivity contribution in [2.45, 2.75) is 13.8 Å². The molecule has 2 amide bonds. The van der Waals surface area contributed by atoms with Gasteiger partial charge in [0.1, 0.15) is 11.6 Å². The number of amides is 2. The van der Waals surface area contributed by atoms with Crippen LogP contribution in [0.25, 0.3) is 5.82 Å². The van der Waals surface area contributed by atoms with E-state index >= 15 is 0 Å². The Balaban J connectivity index is 1.76. The summed E-state index contributed by atoms with van der Waals surface area (Å²) in [6.07, 6.45) is 1.72. The largest absolute Gasteiger partial charge is 0.484 e. The van der Waals surface area contributed by atoms with Crippen LogP contribution in [-0.2, 0) is 4.79 Å². The molecule has 27 heavy (non-hydrogen) atoms. The number of carbonyl (C=O) groups is 2. The molecule has 0 atom stereocenters. The maximum atomic E-state index is 12.7. The molecule has 7 nitrogen and oxygen atoms in total. The van der Waals surface area contributed by atoms with Gasteiger partial charge in [0.15, 0.2) is 6.61 Å².